The van der Waals surface area contributed by atoms with Crippen molar-refractivity contribution in [2.75, 3.05) is 0 Å². The Morgan fingerprint density at radius 2 is 2.05 bits per heavy atom. The van der Waals surface area contributed by atoms with Gasteiger partial charge in [-0.2, -0.15) is 5.26 Å². The molecule has 2 aromatic heterocycles. The van der Waals surface area contributed by atoms with E-state index in [2.05, 4.69) is 16.0 Å². The van der Waals surface area contributed by atoms with E-state index in [0.717, 1.165) is 16.6 Å². The van der Waals surface area contributed by atoms with Crippen LogP contribution in [0.4, 0.5) is 0 Å². The number of rotatable bonds is 2. The molecular formula is C16H11N3O. The number of nitrogens with zero attached hydrogens (tertiary/aromatic N) is 3. The minimum Gasteiger partial charge on any atom is -0.439 e. The number of hydrogen-bond donors (Lipinski definition) is 0. The third-order valence-corrected chi connectivity index (χ3v) is 2.86. The van der Waals surface area contributed by atoms with Gasteiger partial charge in [-0.05, 0) is 31.2 Å². The number of ether oxygens (including phenoxy) is 1. The van der Waals surface area contributed by atoms with Crippen LogP contribution in [0.15, 0.2) is 48.7 Å². The van der Waals surface area contributed by atoms with Crippen LogP contribution in [0.5, 0.6) is 11.6 Å². The average Bonchev–Trinajstić information content (AvgIpc) is 2.46. The average molecular weight is 261 g/mol. The lowest BCUT2D eigenvalue weighted by molar-refractivity contribution is 0.462. The van der Waals surface area contributed by atoms with Gasteiger partial charge in [-0.1, -0.05) is 6.07 Å². The maximum absolute atomic E-state index is 8.95. The molecule has 2 heterocycles. The van der Waals surface area contributed by atoms with Gasteiger partial charge in [0.05, 0.1) is 17.1 Å². The number of aryl methyl sites for hydroxylation is 1. The van der Waals surface area contributed by atoms with E-state index in [1.54, 1.807) is 18.3 Å². The Morgan fingerprint density at radius 1 is 1.15 bits per heavy atom. The van der Waals surface area contributed by atoms with E-state index < -0.39 is 0 Å². The summed E-state index contributed by atoms with van der Waals surface area (Å²) in [7, 11) is 0. The maximum Gasteiger partial charge on any atom is 0.220 e. The van der Waals surface area contributed by atoms with E-state index >= 15 is 0 Å². The Kier molecular flexibility index (Phi) is 3.02. The SMILES string of the molecule is Cc1cc(C#N)cc(Oc2ccc3cccnc3c2)n1. The van der Waals surface area contributed by atoms with Crippen molar-refractivity contribution < 1.29 is 4.74 Å². The molecule has 0 N–H and O–H groups in total. The Labute approximate surface area is 116 Å². The van der Waals surface area contributed by atoms with Crippen LogP contribution >= 0.6 is 0 Å². The van der Waals surface area contributed by atoms with Crippen LogP contribution in [0.3, 0.4) is 0 Å². The molecule has 4 heteroatoms. The van der Waals surface area contributed by atoms with Gasteiger partial charge >= 0.3 is 0 Å². The van der Waals surface area contributed by atoms with Gasteiger partial charge < -0.3 is 4.74 Å². The van der Waals surface area contributed by atoms with Gasteiger partial charge in [-0.25, -0.2) is 4.98 Å². The molecule has 0 radical (unpaired) electrons. The summed E-state index contributed by atoms with van der Waals surface area (Å²) in [6, 6.07) is 15.0. The summed E-state index contributed by atoms with van der Waals surface area (Å²) in [5.41, 5.74) is 2.14. The predicted octanol–water partition coefficient (Wildman–Crippen LogP) is 3.60. The lowest BCUT2D eigenvalue weighted by atomic mass is 10.2. The molecule has 0 atom stereocenters. The van der Waals surface area contributed by atoms with Crippen LogP contribution in [0.25, 0.3) is 10.9 Å². The summed E-state index contributed by atoms with van der Waals surface area (Å²) in [6.45, 7) is 1.83. The van der Waals surface area contributed by atoms with Crippen molar-refractivity contribution in [1.82, 2.24) is 9.97 Å². The molecule has 0 saturated carbocycles. The van der Waals surface area contributed by atoms with Crippen molar-refractivity contribution >= 4 is 10.9 Å². The number of nitriles is 1. The Bertz CT molecular complexity index is 821. The van der Waals surface area contributed by atoms with E-state index in [1.807, 2.05) is 37.3 Å². The second kappa shape index (κ2) is 4.98. The van der Waals surface area contributed by atoms with Crippen LogP contribution < -0.4 is 4.74 Å². The minimum absolute atomic E-state index is 0.414. The number of hydrogen-bond acceptors (Lipinski definition) is 4. The van der Waals surface area contributed by atoms with Gasteiger partial charge in [0.2, 0.25) is 5.88 Å². The highest BCUT2D eigenvalue weighted by Crippen LogP contribution is 2.24. The van der Waals surface area contributed by atoms with E-state index in [0.29, 0.717) is 17.2 Å². The van der Waals surface area contributed by atoms with Gasteiger partial charge in [-0.3, -0.25) is 4.98 Å². The standard InChI is InChI=1S/C16H11N3O/c1-11-7-12(10-17)8-16(19-11)20-14-5-4-13-3-2-6-18-15(13)9-14/h2-9H,1H3. The van der Waals surface area contributed by atoms with Crippen molar-refractivity contribution in [1.29, 1.82) is 5.26 Å². The van der Waals surface area contributed by atoms with Gasteiger partial charge in [0.25, 0.3) is 0 Å². The molecule has 96 valence electrons. The third kappa shape index (κ3) is 2.43. The second-order valence-corrected chi connectivity index (χ2v) is 4.41. The van der Waals surface area contributed by atoms with Crippen molar-refractivity contribution in [3.8, 4) is 17.7 Å². The number of aromatic nitrogens is 2. The minimum atomic E-state index is 0.414. The lowest BCUT2D eigenvalue weighted by Gasteiger charge is -2.06. The molecule has 0 aliphatic heterocycles. The van der Waals surface area contributed by atoms with E-state index in [4.69, 9.17) is 10.00 Å². The van der Waals surface area contributed by atoms with E-state index in [1.165, 1.54) is 0 Å². The topological polar surface area (TPSA) is 58.8 Å². The van der Waals surface area contributed by atoms with Gasteiger partial charge in [0, 0.05) is 29.4 Å². The number of fused-ring (bicyclic) bond motifs is 1. The summed E-state index contributed by atoms with van der Waals surface area (Å²) >= 11 is 0. The summed E-state index contributed by atoms with van der Waals surface area (Å²) in [5.74, 6) is 1.06. The number of pyridine rings is 2. The molecule has 3 aromatic rings. The largest absolute Gasteiger partial charge is 0.439 e. The van der Waals surface area contributed by atoms with Gasteiger partial charge in [0.1, 0.15) is 5.75 Å². The highest BCUT2D eigenvalue weighted by Gasteiger charge is 2.04. The Morgan fingerprint density at radius 3 is 2.90 bits per heavy atom. The smallest absolute Gasteiger partial charge is 0.220 e. The molecule has 0 aliphatic carbocycles. The van der Waals surface area contributed by atoms with Gasteiger partial charge in [0.15, 0.2) is 0 Å². The first-order valence-corrected chi connectivity index (χ1v) is 6.16. The molecule has 3 rings (SSSR count). The van der Waals surface area contributed by atoms with E-state index in [-0.39, 0.29) is 0 Å². The summed E-state index contributed by atoms with van der Waals surface area (Å²) in [6.07, 6.45) is 1.74. The Balaban J connectivity index is 1.97. The highest BCUT2D eigenvalue weighted by atomic mass is 16.5. The fourth-order valence-electron chi connectivity index (χ4n) is 1.99. The third-order valence-electron chi connectivity index (χ3n) is 2.86. The van der Waals surface area contributed by atoms with Crippen LogP contribution in [-0.2, 0) is 0 Å². The molecule has 0 spiro atoms. The lowest BCUT2D eigenvalue weighted by Crippen LogP contribution is -1.92. The molecule has 0 fully saturated rings. The zero-order valence-electron chi connectivity index (χ0n) is 10.9. The summed E-state index contributed by atoms with van der Waals surface area (Å²) < 4.78 is 5.71. The fraction of sp³-hybridized carbons (Fsp3) is 0.0625. The quantitative estimate of drug-likeness (QED) is 0.707. The first-order chi connectivity index (χ1) is 9.74. The van der Waals surface area contributed by atoms with Crippen molar-refractivity contribution in [2.45, 2.75) is 6.92 Å². The Hall–Kier alpha value is -2.93. The fourth-order valence-corrected chi connectivity index (χ4v) is 1.99. The molecule has 20 heavy (non-hydrogen) atoms. The van der Waals surface area contributed by atoms with Crippen LogP contribution in [0.1, 0.15) is 11.3 Å². The first kappa shape index (κ1) is 12.1. The molecule has 0 unspecified atom stereocenters. The molecule has 1 aromatic carbocycles. The van der Waals surface area contributed by atoms with Crippen LogP contribution in [0.2, 0.25) is 0 Å². The second-order valence-electron chi connectivity index (χ2n) is 4.41. The summed E-state index contributed by atoms with van der Waals surface area (Å²) in [5, 5.41) is 10.0. The van der Waals surface area contributed by atoms with Crippen molar-refractivity contribution in [3.05, 3.63) is 59.9 Å². The highest BCUT2D eigenvalue weighted by molar-refractivity contribution is 5.79. The number of benzene rings is 1. The predicted molar refractivity (Wildman–Crippen MR) is 75.5 cm³/mol. The molecule has 0 aliphatic rings. The zero-order chi connectivity index (χ0) is 13.9. The van der Waals surface area contributed by atoms with E-state index in [9.17, 15) is 0 Å². The normalized spacial score (nSPS) is 10.2. The maximum atomic E-state index is 8.95. The molecular weight excluding hydrogens is 250 g/mol. The van der Waals surface area contributed by atoms with Gasteiger partial charge in [-0.15, -0.1) is 0 Å². The van der Waals surface area contributed by atoms with Crippen LogP contribution in [-0.4, -0.2) is 9.97 Å². The monoisotopic (exact) mass is 261 g/mol. The molecule has 0 amide bonds. The van der Waals surface area contributed by atoms with Crippen molar-refractivity contribution in [3.63, 3.8) is 0 Å². The molecule has 0 bridgehead atoms. The zero-order valence-corrected chi connectivity index (χ0v) is 10.9. The molecule has 0 saturated heterocycles. The molecule has 4 nitrogen and oxygen atoms in total. The van der Waals surface area contributed by atoms with Crippen molar-refractivity contribution in [2.24, 2.45) is 0 Å². The summed E-state index contributed by atoms with van der Waals surface area (Å²) in [4.78, 5) is 8.55. The first-order valence-electron chi connectivity index (χ1n) is 6.16. The van der Waals surface area contributed by atoms with Crippen LogP contribution in [0, 0.1) is 18.3 Å².